The van der Waals surface area contributed by atoms with E-state index in [0.29, 0.717) is 35.0 Å². The first-order valence-electron chi connectivity index (χ1n) is 15.1. The molecule has 0 radical (unpaired) electrons. The average molecular weight is 598 g/mol. The highest BCUT2D eigenvalue weighted by Gasteiger charge is 2.30. The maximum Gasteiger partial charge on any atom is 0.247 e. The number of methoxy groups -OCH3 is 1. The number of carbonyl (C=O) groups excluding carboxylic acids is 1. The van der Waals surface area contributed by atoms with Crippen molar-refractivity contribution in [1.29, 1.82) is 5.41 Å². The molecule has 2 aliphatic rings. The first-order chi connectivity index (χ1) is 21.3. The Hall–Kier alpha value is -4.48. The van der Waals surface area contributed by atoms with E-state index in [1.54, 1.807) is 7.11 Å². The van der Waals surface area contributed by atoms with Crippen molar-refractivity contribution in [2.75, 3.05) is 74.8 Å². The van der Waals surface area contributed by atoms with E-state index in [2.05, 4.69) is 61.2 Å². The lowest BCUT2D eigenvalue weighted by Gasteiger charge is -2.45. The number of amides is 1. The van der Waals surface area contributed by atoms with Gasteiger partial charge < -0.3 is 35.9 Å². The summed E-state index contributed by atoms with van der Waals surface area (Å²) in [6.07, 6.45) is 6.23. The van der Waals surface area contributed by atoms with Crippen molar-refractivity contribution < 1.29 is 9.53 Å². The zero-order valence-electron chi connectivity index (χ0n) is 26.1. The van der Waals surface area contributed by atoms with E-state index in [1.165, 1.54) is 18.6 Å². The van der Waals surface area contributed by atoms with Gasteiger partial charge in [-0.1, -0.05) is 18.7 Å². The third-order valence-corrected chi connectivity index (χ3v) is 8.78. The van der Waals surface area contributed by atoms with Gasteiger partial charge in [0, 0.05) is 87.0 Å². The van der Waals surface area contributed by atoms with Gasteiger partial charge in [0.1, 0.15) is 17.9 Å². The lowest BCUT2D eigenvalue weighted by molar-refractivity contribution is -0.111. The summed E-state index contributed by atoms with van der Waals surface area (Å²) in [5.41, 5.74) is 5.51. The zero-order chi connectivity index (χ0) is 31.2. The number of aromatic nitrogens is 2. The van der Waals surface area contributed by atoms with Gasteiger partial charge in [0.25, 0.3) is 0 Å². The number of anilines is 5. The lowest BCUT2D eigenvalue weighted by Crippen LogP contribution is -2.55. The van der Waals surface area contributed by atoms with Crippen LogP contribution in [0.5, 0.6) is 5.75 Å². The fourth-order valence-corrected chi connectivity index (χ4v) is 6.04. The van der Waals surface area contributed by atoms with Gasteiger partial charge in [0.15, 0.2) is 0 Å². The summed E-state index contributed by atoms with van der Waals surface area (Å²) in [5.74, 6) is 0.938. The Bertz CT molecular complexity index is 1500. The zero-order valence-corrected chi connectivity index (χ0v) is 26.1. The number of piperazine rings is 1. The number of carbonyl (C=O) groups is 1. The van der Waals surface area contributed by atoms with E-state index in [4.69, 9.17) is 10.1 Å². The first-order valence-corrected chi connectivity index (χ1v) is 15.1. The summed E-state index contributed by atoms with van der Waals surface area (Å²) >= 11 is 0. The maximum absolute atomic E-state index is 12.5. The molecule has 0 aliphatic carbocycles. The molecule has 5 rings (SSSR count). The second-order valence-corrected chi connectivity index (χ2v) is 11.4. The Labute approximate surface area is 259 Å². The number of benzene rings is 2. The van der Waals surface area contributed by atoms with E-state index >= 15 is 0 Å². The number of hydrogen-bond acceptors (Lipinski definition) is 10. The van der Waals surface area contributed by atoms with Gasteiger partial charge in [-0.15, -0.1) is 0 Å². The summed E-state index contributed by atoms with van der Waals surface area (Å²) in [6, 6.07) is 12.6. The first kappa shape index (κ1) is 31.0. The third-order valence-electron chi connectivity index (χ3n) is 8.78. The van der Waals surface area contributed by atoms with Crippen LogP contribution in [0.25, 0.3) is 11.3 Å². The predicted octanol–water partition coefficient (Wildman–Crippen LogP) is 4.66. The number of hydrogen-bond donors (Lipinski definition) is 4. The molecule has 2 saturated heterocycles. The number of rotatable bonds is 10. The SMILES string of the molecule is C=CC(=O)Nc1cc(Nc2cc(-c3ccc(C=N)c(NC)c3)ncn2)c(OC)cc1N1CCC(N2CCN(C)[C@H](C)C2)CC1. The van der Waals surface area contributed by atoms with Gasteiger partial charge in [0.05, 0.1) is 29.9 Å². The van der Waals surface area contributed by atoms with Crippen molar-refractivity contribution in [3.05, 3.63) is 60.9 Å². The molecule has 232 valence electrons. The highest BCUT2D eigenvalue weighted by molar-refractivity contribution is 6.02. The smallest absolute Gasteiger partial charge is 0.247 e. The van der Waals surface area contributed by atoms with Crippen LogP contribution in [0, 0.1) is 5.41 Å². The summed E-state index contributed by atoms with van der Waals surface area (Å²) < 4.78 is 5.84. The summed E-state index contributed by atoms with van der Waals surface area (Å²) in [7, 11) is 5.67. The highest BCUT2D eigenvalue weighted by atomic mass is 16.5. The van der Waals surface area contributed by atoms with Crippen LogP contribution in [0.1, 0.15) is 25.3 Å². The minimum absolute atomic E-state index is 0.276. The van der Waals surface area contributed by atoms with E-state index < -0.39 is 0 Å². The van der Waals surface area contributed by atoms with Gasteiger partial charge in [-0.05, 0) is 45.0 Å². The monoisotopic (exact) mass is 597 g/mol. The van der Waals surface area contributed by atoms with Crippen molar-refractivity contribution in [2.24, 2.45) is 0 Å². The molecule has 2 aromatic carbocycles. The van der Waals surface area contributed by atoms with E-state index in [0.717, 1.165) is 73.8 Å². The number of piperidine rings is 1. The fourth-order valence-electron chi connectivity index (χ4n) is 6.04. The minimum Gasteiger partial charge on any atom is -0.494 e. The second-order valence-electron chi connectivity index (χ2n) is 11.4. The van der Waals surface area contributed by atoms with Gasteiger partial charge >= 0.3 is 0 Å². The Morgan fingerprint density at radius 1 is 1.07 bits per heavy atom. The molecule has 11 nitrogen and oxygen atoms in total. The molecule has 1 amide bonds. The van der Waals surface area contributed by atoms with E-state index in [9.17, 15) is 4.79 Å². The minimum atomic E-state index is -0.276. The van der Waals surface area contributed by atoms with Gasteiger partial charge in [-0.3, -0.25) is 9.69 Å². The predicted molar refractivity (Wildman–Crippen MR) is 179 cm³/mol. The van der Waals surface area contributed by atoms with E-state index in [-0.39, 0.29) is 5.91 Å². The normalized spacial score (nSPS) is 18.0. The van der Waals surface area contributed by atoms with Gasteiger partial charge in [0.2, 0.25) is 5.91 Å². The molecule has 44 heavy (non-hydrogen) atoms. The molecule has 11 heteroatoms. The average Bonchev–Trinajstić information content (AvgIpc) is 3.06. The molecule has 1 atom stereocenters. The summed E-state index contributed by atoms with van der Waals surface area (Å²) in [5, 5.41) is 17.1. The number of ether oxygens (including phenoxy) is 1. The van der Waals surface area contributed by atoms with Crippen molar-refractivity contribution in [3.8, 4) is 17.0 Å². The van der Waals surface area contributed by atoms with Crippen molar-refractivity contribution >= 4 is 40.7 Å². The molecule has 0 spiro atoms. The van der Waals surface area contributed by atoms with Crippen LogP contribution in [-0.2, 0) is 4.79 Å². The molecule has 0 saturated carbocycles. The number of nitrogens with zero attached hydrogens (tertiary/aromatic N) is 5. The molecule has 2 fully saturated rings. The van der Waals surface area contributed by atoms with Crippen LogP contribution in [-0.4, -0.2) is 97.9 Å². The van der Waals surface area contributed by atoms with Crippen LogP contribution in [0.4, 0.5) is 28.6 Å². The molecule has 0 bridgehead atoms. The highest BCUT2D eigenvalue weighted by Crippen LogP contribution is 2.40. The van der Waals surface area contributed by atoms with Crippen LogP contribution in [0.2, 0.25) is 0 Å². The van der Waals surface area contributed by atoms with Crippen molar-refractivity contribution in [1.82, 2.24) is 19.8 Å². The topological polar surface area (TPSA) is 122 Å². The number of likely N-dealkylation sites (N-methyl/N-ethyl adjacent to an activating group) is 1. The van der Waals surface area contributed by atoms with Crippen LogP contribution >= 0.6 is 0 Å². The fraction of sp³-hybridized carbons (Fsp3) is 0.394. The Morgan fingerprint density at radius 2 is 1.86 bits per heavy atom. The molecule has 3 heterocycles. The Morgan fingerprint density at radius 3 is 2.55 bits per heavy atom. The second kappa shape index (κ2) is 13.9. The van der Waals surface area contributed by atoms with Crippen molar-refractivity contribution in [3.63, 3.8) is 0 Å². The van der Waals surface area contributed by atoms with Crippen LogP contribution in [0.15, 0.2) is 55.4 Å². The summed E-state index contributed by atoms with van der Waals surface area (Å²) in [4.78, 5) is 28.8. The molecular formula is C33H43N9O2. The van der Waals surface area contributed by atoms with Crippen molar-refractivity contribution in [2.45, 2.75) is 31.8 Å². The molecule has 1 aromatic heterocycles. The quantitative estimate of drug-likeness (QED) is 0.195. The van der Waals surface area contributed by atoms with E-state index in [1.807, 2.05) is 43.4 Å². The largest absolute Gasteiger partial charge is 0.494 e. The van der Waals surface area contributed by atoms with Gasteiger partial charge in [-0.25, -0.2) is 9.97 Å². The lowest BCUT2D eigenvalue weighted by atomic mass is 10.00. The molecule has 2 aliphatic heterocycles. The molecule has 0 unspecified atom stereocenters. The summed E-state index contributed by atoms with van der Waals surface area (Å²) in [6.45, 7) is 11.0. The molecule has 4 N–H and O–H groups in total. The van der Waals surface area contributed by atoms with Crippen LogP contribution < -0.4 is 25.6 Å². The Balaban J connectivity index is 1.39. The molecule has 3 aromatic rings. The standard InChI is InChI=1S/C33H43N9O2/c1-6-33(43)39-28-16-29(38-32-17-27(36-21-37-32)23-7-8-24(19-34)26(15-23)35-3)31(44-5)18-30(28)41-11-9-25(10-12-41)42-14-13-40(4)22(2)20-42/h6-8,15-19,21-22,25,34-35H,1,9-14,20H2,2-5H3,(H,39,43)(H,36,37,38)/t22-/m1/s1. The third kappa shape index (κ3) is 6.84. The molecular weight excluding hydrogens is 554 g/mol. The maximum atomic E-state index is 12.5. The van der Waals surface area contributed by atoms with Gasteiger partial charge in [-0.2, -0.15) is 0 Å². The number of nitrogens with one attached hydrogen (secondary N) is 4. The van der Waals surface area contributed by atoms with Crippen LogP contribution in [0.3, 0.4) is 0 Å². The Kier molecular flexibility index (Phi) is 9.76.